The van der Waals surface area contributed by atoms with Crippen molar-refractivity contribution in [3.05, 3.63) is 65.7 Å². The molecule has 1 N–H and O–H groups in total. The van der Waals surface area contributed by atoms with Gasteiger partial charge in [-0.1, -0.05) is 68.3 Å². The van der Waals surface area contributed by atoms with Crippen molar-refractivity contribution in [1.82, 2.24) is 4.90 Å². The lowest BCUT2D eigenvalue weighted by atomic mass is 9.86. The Bertz CT molecular complexity index is 849. The summed E-state index contributed by atoms with van der Waals surface area (Å²) < 4.78 is 5.32. The fourth-order valence-electron chi connectivity index (χ4n) is 3.07. The SMILES string of the molecule is CC[C@@H](C)[C@H](C(=O)OCC(=O)N(C)CC(=O)Nc1ccc(C)cc1)c1ccccc1. The maximum atomic E-state index is 12.7. The number of esters is 1. The van der Waals surface area contributed by atoms with Gasteiger partial charge in [-0.05, 0) is 30.5 Å². The molecule has 0 saturated heterocycles. The third-order valence-electron chi connectivity index (χ3n) is 5.11. The number of likely N-dealkylation sites (N-methyl/N-ethyl adjacent to an activating group) is 1. The van der Waals surface area contributed by atoms with Gasteiger partial charge in [0.25, 0.3) is 5.91 Å². The number of anilines is 1. The smallest absolute Gasteiger partial charge is 0.314 e. The minimum atomic E-state index is -0.432. The number of amides is 2. The normalized spacial score (nSPS) is 12.5. The first-order valence-corrected chi connectivity index (χ1v) is 10.1. The van der Waals surface area contributed by atoms with E-state index in [1.165, 1.54) is 11.9 Å². The highest BCUT2D eigenvalue weighted by molar-refractivity contribution is 5.94. The van der Waals surface area contributed by atoms with Gasteiger partial charge in [-0.15, -0.1) is 0 Å². The van der Waals surface area contributed by atoms with E-state index in [-0.39, 0.29) is 18.4 Å². The molecule has 0 radical (unpaired) electrons. The minimum absolute atomic E-state index is 0.0769. The van der Waals surface area contributed by atoms with Gasteiger partial charge >= 0.3 is 5.97 Å². The molecule has 0 fully saturated rings. The van der Waals surface area contributed by atoms with Crippen molar-refractivity contribution in [2.45, 2.75) is 33.1 Å². The number of rotatable bonds is 9. The zero-order valence-corrected chi connectivity index (χ0v) is 18.1. The predicted octanol–water partition coefficient (Wildman–Crippen LogP) is 3.77. The Morgan fingerprint density at radius 1 is 1.03 bits per heavy atom. The van der Waals surface area contributed by atoms with Crippen LogP contribution >= 0.6 is 0 Å². The van der Waals surface area contributed by atoms with Crippen LogP contribution in [0.3, 0.4) is 0 Å². The van der Waals surface area contributed by atoms with E-state index < -0.39 is 24.4 Å². The summed E-state index contributed by atoms with van der Waals surface area (Å²) in [5.41, 5.74) is 2.63. The molecule has 0 saturated carbocycles. The first-order chi connectivity index (χ1) is 14.3. The van der Waals surface area contributed by atoms with Crippen molar-refractivity contribution in [2.75, 3.05) is 25.5 Å². The van der Waals surface area contributed by atoms with Crippen LogP contribution in [0.1, 0.15) is 37.3 Å². The average molecular weight is 411 g/mol. The molecular weight excluding hydrogens is 380 g/mol. The highest BCUT2D eigenvalue weighted by atomic mass is 16.5. The van der Waals surface area contributed by atoms with Crippen LogP contribution in [0, 0.1) is 12.8 Å². The molecule has 2 aromatic rings. The zero-order chi connectivity index (χ0) is 22.1. The first-order valence-electron chi connectivity index (χ1n) is 10.1. The Labute approximate surface area is 178 Å². The van der Waals surface area contributed by atoms with Crippen molar-refractivity contribution in [1.29, 1.82) is 0 Å². The van der Waals surface area contributed by atoms with Gasteiger partial charge in [-0.3, -0.25) is 14.4 Å². The van der Waals surface area contributed by atoms with Crippen LogP contribution in [0.25, 0.3) is 0 Å². The number of benzene rings is 2. The first kappa shape index (κ1) is 23.1. The molecule has 0 aliphatic rings. The lowest BCUT2D eigenvalue weighted by Gasteiger charge is -2.23. The van der Waals surface area contributed by atoms with Crippen LogP contribution in [0.2, 0.25) is 0 Å². The van der Waals surface area contributed by atoms with E-state index in [4.69, 9.17) is 4.74 Å². The second kappa shape index (κ2) is 11.1. The fourth-order valence-corrected chi connectivity index (χ4v) is 3.07. The second-order valence-corrected chi connectivity index (χ2v) is 7.55. The summed E-state index contributed by atoms with van der Waals surface area (Å²) in [5, 5.41) is 2.74. The lowest BCUT2D eigenvalue weighted by Crippen LogP contribution is -2.38. The van der Waals surface area contributed by atoms with Crippen LogP contribution in [-0.2, 0) is 19.1 Å². The summed E-state index contributed by atoms with van der Waals surface area (Å²) in [6.45, 7) is 5.44. The number of nitrogens with zero attached hydrogens (tertiary/aromatic N) is 1. The summed E-state index contributed by atoms with van der Waals surface area (Å²) in [4.78, 5) is 38.4. The van der Waals surface area contributed by atoms with Gasteiger partial charge in [0.05, 0.1) is 12.5 Å². The number of carbonyl (C=O) groups excluding carboxylic acids is 3. The van der Waals surface area contributed by atoms with E-state index in [9.17, 15) is 14.4 Å². The Kier molecular flexibility index (Phi) is 8.59. The highest BCUT2D eigenvalue weighted by Gasteiger charge is 2.28. The second-order valence-electron chi connectivity index (χ2n) is 7.55. The van der Waals surface area contributed by atoms with Crippen molar-refractivity contribution < 1.29 is 19.1 Å². The molecule has 0 unspecified atom stereocenters. The van der Waals surface area contributed by atoms with Gasteiger partial charge in [0, 0.05) is 12.7 Å². The molecule has 30 heavy (non-hydrogen) atoms. The summed E-state index contributed by atoms with van der Waals surface area (Å²) in [7, 11) is 1.51. The van der Waals surface area contributed by atoms with Crippen molar-refractivity contribution in [2.24, 2.45) is 5.92 Å². The van der Waals surface area contributed by atoms with E-state index in [0.29, 0.717) is 5.69 Å². The molecule has 0 spiro atoms. The molecule has 6 heteroatoms. The minimum Gasteiger partial charge on any atom is -0.455 e. The number of hydrogen-bond acceptors (Lipinski definition) is 4. The lowest BCUT2D eigenvalue weighted by molar-refractivity contribution is -0.154. The number of aryl methyl sites for hydroxylation is 1. The molecule has 2 atom stereocenters. The molecular formula is C24H30N2O4. The summed E-state index contributed by atoms with van der Waals surface area (Å²) in [6.07, 6.45) is 0.807. The fraction of sp³-hybridized carbons (Fsp3) is 0.375. The predicted molar refractivity (Wildman–Crippen MR) is 117 cm³/mol. The third kappa shape index (κ3) is 6.72. The van der Waals surface area contributed by atoms with Crippen LogP contribution in [0.5, 0.6) is 0 Å². The Morgan fingerprint density at radius 2 is 1.67 bits per heavy atom. The molecule has 6 nitrogen and oxygen atoms in total. The summed E-state index contributed by atoms with van der Waals surface area (Å²) in [6, 6.07) is 16.8. The van der Waals surface area contributed by atoms with Gasteiger partial charge in [0.15, 0.2) is 6.61 Å². The standard InChI is InChI=1S/C24H30N2O4/c1-5-18(3)23(19-9-7-6-8-10-19)24(29)30-16-22(28)26(4)15-21(27)25-20-13-11-17(2)12-14-20/h6-14,18,23H,5,15-16H2,1-4H3,(H,25,27)/t18-,23+/m1/s1. The van der Waals surface area contributed by atoms with Gasteiger partial charge in [-0.2, -0.15) is 0 Å². The molecule has 0 heterocycles. The van der Waals surface area contributed by atoms with Gasteiger partial charge in [0.1, 0.15) is 0 Å². The van der Waals surface area contributed by atoms with E-state index >= 15 is 0 Å². The monoisotopic (exact) mass is 410 g/mol. The van der Waals surface area contributed by atoms with Gasteiger partial charge in [-0.25, -0.2) is 0 Å². The zero-order valence-electron chi connectivity index (χ0n) is 18.1. The van der Waals surface area contributed by atoms with Crippen molar-refractivity contribution in [3.8, 4) is 0 Å². The van der Waals surface area contributed by atoms with Gasteiger partial charge in [0.2, 0.25) is 5.91 Å². The Morgan fingerprint density at radius 3 is 2.27 bits per heavy atom. The van der Waals surface area contributed by atoms with Crippen LogP contribution in [-0.4, -0.2) is 42.9 Å². The maximum absolute atomic E-state index is 12.7. The number of nitrogens with one attached hydrogen (secondary N) is 1. The van der Waals surface area contributed by atoms with Crippen molar-refractivity contribution in [3.63, 3.8) is 0 Å². The van der Waals surface area contributed by atoms with Crippen LogP contribution < -0.4 is 5.32 Å². The maximum Gasteiger partial charge on any atom is 0.314 e. The van der Waals surface area contributed by atoms with E-state index in [0.717, 1.165) is 17.5 Å². The molecule has 0 bridgehead atoms. The van der Waals surface area contributed by atoms with Gasteiger partial charge < -0.3 is 15.0 Å². The third-order valence-corrected chi connectivity index (χ3v) is 5.11. The average Bonchev–Trinajstić information content (AvgIpc) is 2.74. The Hall–Kier alpha value is -3.15. The largest absolute Gasteiger partial charge is 0.455 e. The van der Waals surface area contributed by atoms with Crippen molar-refractivity contribution >= 4 is 23.5 Å². The summed E-state index contributed by atoms with van der Waals surface area (Å²) >= 11 is 0. The molecule has 2 amide bonds. The Balaban J connectivity index is 1.88. The van der Waals surface area contributed by atoms with E-state index in [1.54, 1.807) is 12.1 Å². The molecule has 160 valence electrons. The molecule has 0 aliphatic carbocycles. The van der Waals surface area contributed by atoms with Crippen LogP contribution in [0.4, 0.5) is 5.69 Å². The highest BCUT2D eigenvalue weighted by Crippen LogP contribution is 2.28. The molecule has 2 aromatic carbocycles. The van der Waals surface area contributed by atoms with E-state index in [1.807, 2.05) is 63.2 Å². The number of carbonyl (C=O) groups is 3. The topological polar surface area (TPSA) is 75.7 Å². The molecule has 2 rings (SSSR count). The molecule has 0 aliphatic heterocycles. The van der Waals surface area contributed by atoms with E-state index in [2.05, 4.69) is 5.32 Å². The number of hydrogen-bond donors (Lipinski definition) is 1. The summed E-state index contributed by atoms with van der Waals surface area (Å²) in [5.74, 6) is -1.53. The van der Waals surface area contributed by atoms with Crippen LogP contribution in [0.15, 0.2) is 54.6 Å². The quantitative estimate of drug-likeness (QED) is 0.639. The number of ether oxygens (including phenoxy) is 1. The molecule has 0 aromatic heterocycles.